The standard InChI is InChI=1S/C27H28N6O/c1-32-16-24(30-31-32)21-5-4-20-3-2-19(12-23(20)14-21)13-25(34)22-6-9-29-26(15-22)33-10-7-27(8-11-33)17-28-18-27/h2-6,9,12,14-16,28H,7-8,10-11,13,17-18H2,1H3. The summed E-state index contributed by atoms with van der Waals surface area (Å²) in [5.41, 5.74) is 4.08. The highest BCUT2D eigenvalue weighted by molar-refractivity contribution is 5.98. The van der Waals surface area contributed by atoms with Gasteiger partial charge in [0.25, 0.3) is 0 Å². The van der Waals surface area contributed by atoms with Gasteiger partial charge in [-0.05, 0) is 52.8 Å². The van der Waals surface area contributed by atoms with Crippen molar-refractivity contribution in [3.05, 3.63) is 72.1 Å². The molecule has 7 nitrogen and oxygen atoms in total. The Labute approximate surface area is 198 Å². The zero-order chi connectivity index (χ0) is 23.1. The molecular weight excluding hydrogens is 424 g/mol. The van der Waals surface area contributed by atoms with Crippen LogP contribution in [-0.4, -0.2) is 51.9 Å². The largest absolute Gasteiger partial charge is 0.357 e. The lowest BCUT2D eigenvalue weighted by atomic mass is 9.73. The average molecular weight is 453 g/mol. The van der Waals surface area contributed by atoms with Crippen molar-refractivity contribution in [2.75, 3.05) is 31.1 Å². The summed E-state index contributed by atoms with van der Waals surface area (Å²) >= 11 is 0. The van der Waals surface area contributed by atoms with E-state index in [2.05, 4.69) is 55.8 Å². The summed E-state index contributed by atoms with van der Waals surface area (Å²) in [4.78, 5) is 20.1. The molecule has 2 aromatic carbocycles. The highest BCUT2D eigenvalue weighted by atomic mass is 16.1. The Hall–Kier alpha value is -3.58. The van der Waals surface area contributed by atoms with Crippen LogP contribution >= 0.6 is 0 Å². The topological polar surface area (TPSA) is 75.9 Å². The van der Waals surface area contributed by atoms with Crippen LogP contribution in [0, 0.1) is 5.41 Å². The van der Waals surface area contributed by atoms with Crippen molar-refractivity contribution in [3.63, 3.8) is 0 Å². The van der Waals surface area contributed by atoms with Gasteiger partial charge in [-0.3, -0.25) is 9.48 Å². The van der Waals surface area contributed by atoms with Crippen molar-refractivity contribution in [3.8, 4) is 11.3 Å². The Balaban J connectivity index is 1.19. The number of ketones is 1. The van der Waals surface area contributed by atoms with Gasteiger partial charge in [-0.2, -0.15) is 0 Å². The highest BCUT2D eigenvalue weighted by Crippen LogP contribution is 2.36. The van der Waals surface area contributed by atoms with Gasteiger partial charge in [0.2, 0.25) is 0 Å². The van der Waals surface area contributed by atoms with Crippen molar-refractivity contribution >= 4 is 22.4 Å². The van der Waals surface area contributed by atoms with E-state index in [0.717, 1.165) is 65.2 Å². The van der Waals surface area contributed by atoms with Crippen LogP contribution in [0.3, 0.4) is 0 Å². The molecule has 0 saturated carbocycles. The van der Waals surface area contributed by atoms with Gasteiger partial charge in [-0.1, -0.05) is 35.5 Å². The number of aromatic nitrogens is 4. The number of nitrogens with zero attached hydrogens (tertiary/aromatic N) is 5. The van der Waals surface area contributed by atoms with E-state index in [1.807, 2.05) is 31.4 Å². The third-order valence-corrected chi connectivity index (χ3v) is 7.38. The number of hydrogen-bond donors (Lipinski definition) is 1. The number of aryl methyl sites for hydroxylation is 1. The molecule has 172 valence electrons. The highest BCUT2D eigenvalue weighted by Gasteiger charge is 2.39. The molecule has 0 radical (unpaired) electrons. The van der Waals surface area contributed by atoms with Crippen molar-refractivity contribution in [1.29, 1.82) is 0 Å². The van der Waals surface area contributed by atoms with E-state index < -0.39 is 0 Å². The molecule has 0 aliphatic carbocycles. The van der Waals surface area contributed by atoms with Gasteiger partial charge in [0.05, 0.1) is 6.20 Å². The second kappa shape index (κ2) is 8.33. The molecule has 2 aromatic heterocycles. The first-order valence-corrected chi connectivity index (χ1v) is 11.9. The first kappa shape index (κ1) is 21.0. The summed E-state index contributed by atoms with van der Waals surface area (Å²) in [6, 6.07) is 16.3. The molecule has 0 atom stereocenters. The van der Waals surface area contributed by atoms with Crippen LogP contribution in [0.5, 0.6) is 0 Å². The van der Waals surface area contributed by atoms with E-state index >= 15 is 0 Å². The maximum absolute atomic E-state index is 13.2. The maximum Gasteiger partial charge on any atom is 0.167 e. The average Bonchev–Trinajstić information content (AvgIpc) is 3.29. The molecule has 1 spiro atoms. The number of fused-ring (bicyclic) bond motifs is 1. The first-order chi connectivity index (χ1) is 16.6. The van der Waals surface area contributed by atoms with Crippen LogP contribution in [0.1, 0.15) is 28.8 Å². The van der Waals surface area contributed by atoms with Crippen LogP contribution in [0.4, 0.5) is 5.82 Å². The molecule has 4 aromatic rings. The number of piperidine rings is 1. The molecule has 2 aliphatic rings. The van der Waals surface area contributed by atoms with Gasteiger partial charge in [0.1, 0.15) is 11.5 Å². The molecule has 4 heterocycles. The zero-order valence-corrected chi connectivity index (χ0v) is 19.4. The number of Topliss-reactive ketones (excluding diaryl/α,β-unsaturated/α-hetero) is 1. The summed E-state index contributed by atoms with van der Waals surface area (Å²) in [6.45, 7) is 4.29. The zero-order valence-electron chi connectivity index (χ0n) is 19.4. The van der Waals surface area contributed by atoms with Crippen molar-refractivity contribution in [2.45, 2.75) is 19.3 Å². The smallest absolute Gasteiger partial charge is 0.167 e. The molecule has 7 heteroatoms. The minimum absolute atomic E-state index is 0.116. The number of hydrogen-bond acceptors (Lipinski definition) is 6. The fourth-order valence-electron chi connectivity index (χ4n) is 5.14. The summed E-state index contributed by atoms with van der Waals surface area (Å²) in [5, 5.41) is 13.9. The Morgan fingerprint density at radius 1 is 1.03 bits per heavy atom. The number of carbonyl (C=O) groups excluding carboxylic acids is 1. The summed E-state index contributed by atoms with van der Waals surface area (Å²) < 4.78 is 1.70. The van der Waals surface area contributed by atoms with Gasteiger partial charge in [0.15, 0.2) is 5.78 Å². The van der Waals surface area contributed by atoms with Gasteiger partial charge >= 0.3 is 0 Å². The number of carbonyl (C=O) groups is 1. The van der Waals surface area contributed by atoms with E-state index in [-0.39, 0.29) is 5.78 Å². The van der Waals surface area contributed by atoms with Crippen LogP contribution < -0.4 is 10.2 Å². The van der Waals surface area contributed by atoms with E-state index in [1.165, 1.54) is 12.8 Å². The number of pyridine rings is 1. The molecule has 2 saturated heterocycles. The van der Waals surface area contributed by atoms with E-state index in [1.54, 1.807) is 10.9 Å². The predicted octanol–water partition coefficient (Wildman–Crippen LogP) is 3.65. The minimum atomic E-state index is 0.116. The van der Waals surface area contributed by atoms with E-state index in [9.17, 15) is 4.79 Å². The molecular formula is C27H28N6O. The number of anilines is 1. The fourth-order valence-corrected chi connectivity index (χ4v) is 5.14. The first-order valence-electron chi connectivity index (χ1n) is 11.9. The molecule has 0 bridgehead atoms. The predicted molar refractivity (Wildman–Crippen MR) is 133 cm³/mol. The molecule has 6 rings (SSSR count). The lowest BCUT2D eigenvalue weighted by molar-refractivity contribution is 0.0992. The third kappa shape index (κ3) is 3.96. The Morgan fingerprint density at radius 3 is 2.59 bits per heavy atom. The molecule has 2 aliphatic heterocycles. The normalized spacial score (nSPS) is 17.1. The van der Waals surface area contributed by atoms with Crippen LogP contribution in [0.2, 0.25) is 0 Å². The summed E-state index contributed by atoms with van der Waals surface area (Å²) in [5.74, 6) is 1.03. The second-order valence-electron chi connectivity index (χ2n) is 9.77. The van der Waals surface area contributed by atoms with Crippen molar-refractivity contribution in [1.82, 2.24) is 25.3 Å². The minimum Gasteiger partial charge on any atom is -0.357 e. The monoisotopic (exact) mass is 452 g/mol. The van der Waals surface area contributed by atoms with Crippen molar-refractivity contribution in [2.24, 2.45) is 12.5 Å². The lowest BCUT2D eigenvalue weighted by Gasteiger charge is -2.48. The summed E-state index contributed by atoms with van der Waals surface area (Å²) in [6.07, 6.45) is 6.41. The second-order valence-corrected chi connectivity index (χ2v) is 9.77. The van der Waals surface area contributed by atoms with Crippen LogP contribution in [-0.2, 0) is 13.5 Å². The lowest BCUT2D eigenvalue weighted by Crippen LogP contribution is -2.58. The molecule has 1 N–H and O–H groups in total. The number of rotatable bonds is 5. The maximum atomic E-state index is 13.2. The Morgan fingerprint density at radius 2 is 1.85 bits per heavy atom. The molecule has 0 unspecified atom stereocenters. The van der Waals surface area contributed by atoms with Gasteiger partial charge in [-0.15, -0.1) is 5.10 Å². The van der Waals surface area contributed by atoms with Gasteiger partial charge in [0, 0.05) is 57.0 Å². The fraction of sp³-hybridized carbons (Fsp3) is 0.333. The van der Waals surface area contributed by atoms with Gasteiger partial charge in [-0.25, -0.2) is 4.98 Å². The SMILES string of the molecule is Cn1cc(-c2ccc3ccc(CC(=O)c4ccnc(N5CCC6(CC5)CNC6)c4)cc3c2)nn1. The summed E-state index contributed by atoms with van der Waals surface area (Å²) in [7, 11) is 1.86. The number of benzene rings is 2. The molecule has 34 heavy (non-hydrogen) atoms. The Bertz CT molecular complexity index is 1360. The van der Waals surface area contributed by atoms with E-state index in [0.29, 0.717) is 11.8 Å². The van der Waals surface area contributed by atoms with Crippen molar-refractivity contribution < 1.29 is 4.79 Å². The quantitative estimate of drug-likeness (QED) is 0.466. The van der Waals surface area contributed by atoms with E-state index in [4.69, 9.17) is 0 Å². The molecule has 2 fully saturated rings. The number of nitrogens with one attached hydrogen (secondary N) is 1. The third-order valence-electron chi connectivity index (χ3n) is 7.38. The molecule has 0 amide bonds. The Kier molecular flexibility index (Phi) is 5.14. The van der Waals surface area contributed by atoms with Gasteiger partial charge < -0.3 is 10.2 Å². The van der Waals surface area contributed by atoms with Crippen LogP contribution in [0.25, 0.3) is 22.0 Å². The van der Waals surface area contributed by atoms with Crippen LogP contribution in [0.15, 0.2) is 60.9 Å².